The van der Waals surface area contributed by atoms with Crippen molar-refractivity contribution in [1.29, 1.82) is 0 Å². The maximum Gasteiger partial charge on any atom is 0.302 e. The van der Waals surface area contributed by atoms with Crippen molar-refractivity contribution in [2.45, 2.75) is 39.5 Å². The zero-order valence-electron chi connectivity index (χ0n) is 10.5. The number of ether oxygens (including phenoxy) is 1. The van der Waals surface area contributed by atoms with Crippen molar-refractivity contribution in [2.75, 3.05) is 32.1 Å². The smallest absolute Gasteiger partial charge is 0.302 e. The van der Waals surface area contributed by atoms with Gasteiger partial charge in [-0.2, -0.15) is 0 Å². The Morgan fingerprint density at radius 2 is 1.94 bits per heavy atom. The third-order valence-corrected chi connectivity index (χ3v) is 2.67. The van der Waals surface area contributed by atoms with Crippen molar-refractivity contribution in [1.82, 2.24) is 4.90 Å². The SMILES string of the molecule is CCOC(C)=O.ClCCCN1CCCCC1. The molecule has 1 fully saturated rings. The van der Waals surface area contributed by atoms with Gasteiger partial charge >= 0.3 is 5.97 Å². The van der Waals surface area contributed by atoms with E-state index in [1.165, 1.54) is 45.8 Å². The Morgan fingerprint density at radius 3 is 2.31 bits per heavy atom. The Labute approximate surface area is 104 Å². The van der Waals surface area contributed by atoms with Crippen LogP contribution in [-0.4, -0.2) is 43.0 Å². The second-order valence-corrected chi connectivity index (χ2v) is 4.25. The molecule has 0 aliphatic carbocycles. The highest BCUT2D eigenvalue weighted by Crippen LogP contribution is 2.08. The fraction of sp³-hybridized carbons (Fsp3) is 0.917. The summed E-state index contributed by atoms with van der Waals surface area (Å²) in [5.41, 5.74) is 0. The molecule has 1 saturated heterocycles. The molecule has 1 aliphatic rings. The first-order valence-corrected chi connectivity index (χ1v) is 6.65. The Balaban J connectivity index is 0.000000325. The molecule has 1 heterocycles. The third-order valence-electron chi connectivity index (χ3n) is 2.40. The van der Waals surface area contributed by atoms with Gasteiger partial charge in [0.15, 0.2) is 0 Å². The first-order valence-electron chi connectivity index (χ1n) is 6.12. The first kappa shape index (κ1) is 15.7. The molecule has 96 valence electrons. The number of rotatable bonds is 4. The van der Waals surface area contributed by atoms with Crippen molar-refractivity contribution in [3.63, 3.8) is 0 Å². The van der Waals surface area contributed by atoms with Crippen molar-refractivity contribution >= 4 is 17.6 Å². The van der Waals surface area contributed by atoms with Crippen LogP contribution in [0.4, 0.5) is 0 Å². The highest BCUT2D eigenvalue weighted by Gasteiger charge is 2.07. The summed E-state index contributed by atoms with van der Waals surface area (Å²) in [6, 6.07) is 0. The number of carbonyl (C=O) groups is 1. The highest BCUT2D eigenvalue weighted by molar-refractivity contribution is 6.17. The lowest BCUT2D eigenvalue weighted by molar-refractivity contribution is -0.140. The molecule has 0 aromatic rings. The molecule has 0 aromatic heterocycles. The first-order chi connectivity index (χ1) is 7.70. The minimum absolute atomic E-state index is 0.211. The summed E-state index contributed by atoms with van der Waals surface area (Å²) in [4.78, 5) is 12.3. The fourth-order valence-electron chi connectivity index (χ4n) is 1.67. The standard InChI is InChI=1S/C8H16ClN.C4H8O2/c9-5-4-8-10-6-2-1-3-7-10;1-3-6-4(2)5/h1-8H2;3H2,1-2H3. The van der Waals surface area contributed by atoms with Gasteiger partial charge in [0.25, 0.3) is 0 Å². The van der Waals surface area contributed by atoms with E-state index >= 15 is 0 Å². The molecular weight excluding hydrogens is 226 g/mol. The molecule has 0 bridgehead atoms. The monoisotopic (exact) mass is 249 g/mol. The van der Waals surface area contributed by atoms with Gasteiger partial charge in [0, 0.05) is 12.8 Å². The van der Waals surface area contributed by atoms with Gasteiger partial charge in [-0.05, 0) is 45.8 Å². The largest absolute Gasteiger partial charge is 0.466 e. The minimum Gasteiger partial charge on any atom is -0.466 e. The highest BCUT2D eigenvalue weighted by atomic mass is 35.5. The molecule has 16 heavy (non-hydrogen) atoms. The number of hydrogen-bond acceptors (Lipinski definition) is 3. The maximum atomic E-state index is 9.82. The molecule has 0 spiro atoms. The Bertz CT molecular complexity index is 170. The van der Waals surface area contributed by atoms with E-state index in [9.17, 15) is 4.79 Å². The number of piperidine rings is 1. The summed E-state index contributed by atoms with van der Waals surface area (Å²) in [6.45, 7) is 7.47. The van der Waals surface area contributed by atoms with E-state index in [1.807, 2.05) is 0 Å². The van der Waals surface area contributed by atoms with Crippen LogP contribution in [0.1, 0.15) is 39.5 Å². The topological polar surface area (TPSA) is 29.5 Å². The number of nitrogens with zero attached hydrogens (tertiary/aromatic N) is 1. The quantitative estimate of drug-likeness (QED) is 0.567. The second kappa shape index (κ2) is 11.2. The van der Waals surface area contributed by atoms with Crippen LogP contribution in [0.25, 0.3) is 0 Å². The molecule has 3 nitrogen and oxygen atoms in total. The molecule has 0 aromatic carbocycles. The fourth-order valence-corrected chi connectivity index (χ4v) is 1.79. The van der Waals surface area contributed by atoms with Gasteiger partial charge in [0.2, 0.25) is 0 Å². The van der Waals surface area contributed by atoms with Crippen LogP contribution in [0.3, 0.4) is 0 Å². The summed E-state index contributed by atoms with van der Waals surface area (Å²) in [5.74, 6) is 0.605. The number of likely N-dealkylation sites (tertiary alicyclic amines) is 1. The second-order valence-electron chi connectivity index (χ2n) is 3.87. The number of alkyl halides is 1. The molecule has 4 heteroatoms. The zero-order valence-corrected chi connectivity index (χ0v) is 11.3. The number of esters is 1. The van der Waals surface area contributed by atoms with E-state index in [0.29, 0.717) is 6.61 Å². The van der Waals surface area contributed by atoms with Gasteiger partial charge in [-0.3, -0.25) is 4.79 Å². The lowest BCUT2D eigenvalue weighted by Gasteiger charge is -2.25. The van der Waals surface area contributed by atoms with Crippen molar-refractivity contribution in [2.24, 2.45) is 0 Å². The number of carbonyl (C=O) groups excluding carboxylic acids is 1. The normalized spacial score (nSPS) is 16.2. The van der Waals surface area contributed by atoms with Crippen LogP contribution in [-0.2, 0) is 9.53 Å². The van der Waals surface area contributed by atoms with Crippen molar-refractivity contribution in [3.05, 3.63) is 0 Å². The summed E-state index contributed by atoms with van der Waals surface area (Å²) in [6.07, 6.45) is 5.36. The zero-order chi connectivity index (χ0) is 12.2. The molecule has 1 rings (SSSR count). The Hall–Kier alpha value is -0.280. The summed E-state index contributed by atoms with van der Waals surface area (Å²) in [5, 5.41) is 0. The summed E-state index contributed by atoms with van der Waals surface area (Å²) in [7, 11) is 0. The molecular formula is C12H24ClNO2. The van der Waals surface area contributed by atoms with Crippen LogP contribution in [0.5, 0.6) is 0 Å². The van der Waals surface area contributed by atoms with E-state index in [-0.39, 0.29) is 5.97 Å². The van der Waals surface area contributed by atoms with Crippen LogP contribution in [0.15, 0.2) is 0 Å². The van der Waals surface area contributed by atoms with Crippen LogP contribution in [0.2, 0.25) is 0 Å². The minimum atomic E-state index is -0.211. The molecule has 0 N–H and O–H groups in total. The van der Waals surface area contributed by atoms with Crippen molar-refractivity contribution in [3.8, 4) is 0 Å². The van der Waals surface area contributed by atoms with Gasteiger partial charge in [-0.1, -0.05) is 6.42 Å². The molecule has 0 unspecified atom stereocenters. The third kappa shape index (κ3) is 10.2. The molecule has 1 aliphatic heterocycles. The summed E-state index contributed by atoms with van der Waals surface area (Å²) >= 11 is 5.59. The van der Waals surface area contributed by atoms with Crippen LogP contribution in [0, 0.1) is 0 Å². The molecule has 0 atom stereocenters. The molecule has 0 saturated carbocycles. The predicted octanol–water partition coefficient (Wildman–Crippen LogP) is 2.67. The van der Waals surface area contributed by atoms with Crippen LogP contribution < -0.4 is 0 Å². The van der Waals surface area contributed by atoms with E-state index in [4.69, 9.17) is 11.6 Å². The van der Waals surface area contributed by atoms with Gasteiger partial charge in [0.1, 0.15) is 0 Å². The van der Waals surface area contributed by atoms with E-state index in [0.717, 1.165) is 12.3 Å². The van der Waals surface area contributed by atoms with Gasteiger partial charge in [-0.25, -0.2) is 0 Å². The Kier molecular flexibility index (Phi) is 11.0. The van der Waals surface area contributed by atoms with E-state index < -0.39 is 0 Å². The van der Waals surface area contributed by atoms with E-state index in [1.54, 1.807) is 6.92 Å². The average Bonchev–Trinajstić information content (AvgIpc) is 2.28. The lowest BCUT2D eigenvalue weighted by Crippen LogP contribution is -2.30. The number of hydrogen-bond donors (Lipinski definition) is 0. The lowest BCUT2D eigenvalue weighted by atomic mass is 10.1. The molecule has 0 radical (unpaired) electrons. The predicted molar refractivity (Wildman–Crippen MR) is 67.9 cm³/mol. The average molecular weight is 250 g/mol. The number of halogens is 1. The van der Waals surface area contributed by atoms with Gasteiger partial charge < -0.3 is 9.64 Å². The van der Waals surface area contributed by atoms with Gasteiger partial charge in [0.05, 0.1) is 6.61 Å². The Morgan fingerprint density at radius 1 is 1.31 bits per heavy atom. The van der Waals surface area contributed by atoms with Gasteiger partial charge in [-0.15, -0.1) is 11.6 Å². The molecule has 0 amide bonds. The van der Waals surface area contributed by atoms with Crippen LogP contribution >= 0.6 is 11.6 Å². The van der Waals surface area contributed by atoms with Crippen molar-refractivity contribution < 1.29 is 9.53 Å². The summed E-state index contributed by atoms with van der Waals surface area (Å²) < 4.78 is 4.40. The maximum absolute atomic E-state index is 9.82. The van der Waals surface area contributed by atoms with E-state index in [2.05, 4.69) is 9.64 Å².